The molecule has 1 heterocycles. The van der Waals surface area contributed by atoms with Crippen molar-refractivity contribution in [3.8, 4) is 0 Å². The molecule has 2 rings (SSSR count). The van der Waals surface area contributed by atoms with Crippen LogP contribution in [0.1, 0.15) is 38.7 Å². The van der Waals surface area contributed by atoms with Crippen molar-refractivity contribution in [2.24, 2.45) is 5.92 Å². The second kappa shape index (κ2) is 6.03. The first-order valence-corrected chi connectivity index (χ1v) is 7.00. The molecule has 1 fully saturated rings. The van der Waals surface area contributed by atoms with E-state index in [2.05, 4.69) is 43.0 Å². The highest BCUT2D eigenvalue weighted by Gasteiger charge is 2.28. The maximum absolute atomic E-state index is 12.2. The van der Waals surface area contributed by atoms with Crippen molar-refractivity contribution in [1.29, 1.82) is 0 Å². The van der Waals surface area contributed by atoms with Gasteiger partial charge in [0.25, 0.3) is 0 Å². The van der Waals surface area contributed by atoms with Gasteiger partial charge in [0, 0.05) is 19.0 Å². The van der Waals surface area contributed by atoms with Crippen LogP contribution >= 0.6 is 0 Å². The maximum atomic E-state index is 12.2. The van der Waals surface area contributed by atoms with Crippen LogP contribution in [0.4, 0.5) is 0 Å². The summed E-state index contributed by atoms with van der Waals surface area (Å²) in [4.78, 5) is 14.3. The van der Waals surface area contributed by atoms with Crippen molar-refractivity contribution in [1.82, 2.24) is 4.90 Å². The molecule has 1 aliphatic heterocycles. The Morgan fingerprint density at radius 3 is 2.72 bits per heavy atom. The van der Waals surface area contributed by atoms with Crippen molar-refractivity contribution in [3.63, 3.8) is 0 Å². The van der Waals surface area contributed by atoms with Gasteiger partial charge in [-0.2, -0.15) is 0 Å². The van der Waals surface area contributed by atoms with Gasteiger partial charge in [0.2, 0.25) is 5.91 Å². The van der Waals surface area contributed by atoms with Crippen LogP contribution < -0.4 is 0 Å². The first kappa shape index (κ1) is 13.1. The molecule has 0 spiro atoms. The zero-order valence-corrected chi connectivity index (χ0v) is 11.4. The number of likely N-dealkylation sites (tertiary alicyclic amines) is 1. The molecule has 18 heavy (non-hydrogen) atoms. The Balaban J connectivity index is 1.97. The van der Waals surface area contributed by atoms with E-state index in [9.17, 15) is 4.79 Å². The van der Waals surface area contributed by atoms with E-state index < -0.39 is 0 Å². The minimum absolute atomic E-state index is 0.337. The van der Waals surface area contributed by atoms with Crippen LogP contribution in [0.2, 0.25) is 0 Å². The van der Waals surface area contributed by atoms with Crippen molar-refractivity contribution >= 4 is 5.91 Å². The van der Waals surface area contributed by atoms with Gasteiger partial charge in [0.15, 0.2) is 0 Å². The van der Waals surface area contributed by atoms with Crippen LogP contribution in [0, 0.1) is 5.92 Å². The highest BCUT2D eigenvalue weighted by atomic mass is 16.2. The minimum atomic E-state index is 0.337. The number of hydrogen-bond acceptors (Lipinski definition) is 1. The van der Waals surface area contributed by atoms with Crippen LogP contribution in [0.25, 0.3) is 0 Å². The Morgan fingerprint density at radius 1 is 1.33 bits per heavy atom. The second-order valence-corrected chi connectivity index (χ2v) is 5.67. The number of amides is 1. The SMILES string of the molecule is CC(C)CC(=O)N1CCCC1Cc1ccccc1. The smallest absolute Gasteiger partial charge is 0.223 e. The fourth-order valence-electron chi connectivity index (χ4n) is 2.73. The van der Waals surface area contributed by atoms with Gasteiger partial charge in [-0.05, 0) is 30.7 Å². The molecule has 0 aliphatic carbocycles. The van der Waals surface area contributed by atoms with E-state index in [-0.39, 0.29) is 0 Å². The fourth-order valence-corrected chi connectivity index (χ4v) is 2.73. The third kappa shape index (κ3) is 3.34. The van der Waals surface area contributed by atoms with E-state index in [1.807, 2.05) is 6.07 Å². The molecule has 1 aromatic carbocycles. The van der Waals surface area contributed by atoms with E-state index in [1.54, 1.807) is 0 Å². The molecule has 1 unspecified atom stereocenters. The van der Waals surface area contributed by atoms with E-state index >= 15 is 0 Å². The van der Waals surface area contributed by atoms with Crippen LogP contribution in [0.3, 0.4) is 0 Å². The number of carbonyl (C=O) groups excluding carboxylic acids is 1. The number of carbonyl (C=O) groups is 1. The molecule has 0 bridgehead atoms. The summed E-state index contributed by atoms with van der Waals surface area (Å²) in [6.45, 7) is 5.17. The first-order chi connectivity index (χ1) is 8.66. The number of hydrogen-bond donors (Lipinski definition) is 0. The number of nitrogens with zero attached hydrogens (tertiary/aromatic N) is 1. The topological polar surface area (TPSA) is 20.3 Å². The average Bonchev–Trinajstić information content (AvgIpc) is 2.77. The Kier molecular flexibility index (Phi) is 4.40. The molecule has 1 atom stereocenters. The van der Waals surface area contributed by atoms with Gasteiger partial charge >= 0.3 is 0 Å². The zero-order valence-electron chi connectivity index (χ0n) is 11.4. The number of rotatable bonds is 4. The van der Waals surface area contributed by atoms with Gasteiger partial charge in [0.1, 0.15) is 0 Å². The molecule has 0 radical (unpaired) electrons. The molecule has 98 valence electrons. The number of benzene rings is 1. The quantitative estimate of drug-likeness (QED) is 0.797. The van der Waals surface area contributed by atoms with Gasteiger partial charge in [-0.25, -0.2) is 0 Å². The third-order valence-corrected chi connectivity index (χ3v) is 3.59. The lowest BCUT2D eigenvalue weighted by Gasteiger charge is -2.25. The van der Waals surface area contributed by atoms with Crippen LogP contribution in [0.15, 0.2) is 30.3 Å². The standard InChI is InChI=1S/C16H23NO/c1-13(2)11-16(18)17-10-6-9-15(17)12-14-7-4-3-5-8-14/h3-5,7-8,13,15H,6,9-12H2,1-2H3. The van der Waals surface area contributed by atoms with Gasteiger partial charge < -0.3 is 4.90 Å². The third-order valence-electron chi connectivity index (χ3n) is 3.59. The Bertz CT molecular complexity index is 385. The zero-order chi connectivity index (χ0) is 13.0. The Morgan fingerprint density at radius 2 is 2.06 bits per heavy atom. The van der Waals surface area contributed by atoms with Gasteiger partial charge in [-0.3, -0.25) is 4.79 Å². The van der Waals surface area contributed by atoms with Crippen LogP contribution in [-0.2, 0) is 11.2 Å². The van der Waals surface area contributed by atoms with E-state index in [1.165, 1.54) is 5.56 Å². The molecule has 1 aliphatic rings. The highest BCUT2D eigenvalue weighted by molar-refractivity contribution is 5.77. The van der Waals surface area contributed by atoms with Crippen LogP contribution in [0.5, 0.6) is 0 Å². The first-order valence-electron chi connectivity index (χ1n) is 7.00. The Hall–Kier alpha value is -1.31. The van der Waals surface area contributed by atoms with Gasteiger partial charge in [-0.15, -0.1) is 0 Å². The molecule has 1 amide bonds. The average molecular weight is 245 g/mol. The van der Waals surface area contributed by atoms with Crippen molar-refractivity contribution in [2.75, 3.05) is 6.54 Å². The van der Waals surface area contributed by atoms with Crippen molar-refractivity contribution < 1.29 is 4.79 Å². The summed E-state index contributed by atoms with van der Waals surface area (Å²) in [6.07, 6.45) is 4.00. The van der Waals surface area contributed by atoms with Crippen molar-refractivity contribution in [3.05, 3.63) is 35.9 Å². The summed E-state index contributed by atoms with van der Waals surface area (Å²) in [5, 5.41) is 0. The summed E-state index contributed by atoms with van der Waals surface area (Å²) in [5.41, 5.74) is 1.34. The molecular formula is C16H23NO. The predicted octanol–water partition coefficient (Wildman–Crippen LogP) is 3.27. The lowest BCUT2D eigenvalue weighted by atomic mass is 10.0. The molecular weight excluding hydrogens is 222 g/mol. The molecule has 0 saturated carbocycles. The molecule has 2 heteroatoms. The predicted molar refractivity (Wildman–Crippen MR) is 74.3 cm³/mol. The molecule has 2 nitrogen and oxygen atoms in total. The highest BCUT2D eigenvalue weighted by Crippen LogP contribution is 2.22. The summed E-state index contributed by atoms with van der Waals surface area (Å²) >= 11 is 0. The lowest BCUT2D eigenvalue weighted by molar-refractivity contribution is -0.132. The van der Waals surface area contributed by atoms with E-state index in [0.717, 1.165) is 25.8 Å². The fraction of sp³-hybridized carbons (Fsp3) is 0.562. The minimum Gasteiger partial charge on any atom is -0.339 e. The van der Waals surface area contributed by atoms with E-state index in [4.69, 9.17) is 0 Å². The molecule has 0 aromatic heterocycles. The molecule has 1 aromatic rings. The van der Waals surface area contributed by atoms with E-state index in [0.29, 0.717) is 24.3 Å². The summed E-state index contributed by atoms with van der Waals surface area (Å²) in [6, 6.07) is 10.9. The Labute approximate surface area is 110 Å². The maximum Gasteiger partial charge on any atom is 0.223 e. The lowest BCUT2D eigenvalue weighted by Crippen LogP contribution is -2.37. The summed E-state index contributed by atoms with van der Waals surface area (Å²) in [5.74, 6) is 0.791. The molecule has 0 N–H and O–H groups in total. The second-order valence-electron chi connectivity index (χ2n) is 5.67. The van der Waals surface area contributed by atoms with Gasteiger partial charge in [-0.1, -0.05) is 44.2 Å². The summed E-state index contributed by atoms with van der Waals surface area (Å²) in [7, 11) is 0. The normalized spacial score (nSPS) is 19.5. The molecule has 1 saturated heterocycles. The van der Waals surface area contributed by atoms with Crippen molar-refractivity contribution in [2.45, 2.75) is 45.6 Å². The van der Waals surface area contributed by atoms with Crippen LogP contribution in [-0.4, -0.2) is 23.4 Å². The monoisotopic (exact) mass is 245 g/mol. The largest absolute Gasteiger partial charge is 0.339 e. The van der Waals surface area contributed by atoms with Gasteiger partial charge in [0.05, 0.1) is 0 Å². The summed E-state index contributed by atoms with van der Waals surface area (Å²) < 4.78 is 0.